The van der Waals surface area contributed by atoms with Crippen LogP contribution >= 0.6 is 90.4 Å². The fourth-order valence-corrected chi connectivity index (χ4v) is 7.63. The van der Waals surface area contributed by atoms with Crippen LogP contribution in [0.2, 0.25) is 0 Å². The molecule has 0 radical (unpaired) electrons. The largest absolute Gasteiger partial charge is 0.506 e. The van der Waals surface area contributed by atoms with Gasteiger partial charge in [0.25, 0.3) is 0 Å². The van der Waals surface area contributed by atoms with Gasteiger partial charge in [0, 0.05) is 11.1 Å². The van der Waals surface area contributed by atoms with E-state index in [9.17, 15) is 14.7 Å². The Balaban J connectivity index is 1.96. The normalized spacial score (nSPS) is 24.6. The van der Waals surface area contributed by atoms with Crippen LogP contribution in [0.15, 0.2) is 51.3 Å². The molecule has 5 rings (SSSR count). The Morgan fingerprint density at radius 2 is 1.79 bits per heavy atom. The lowest BCUT2D eigenvalue weighted by Crippen LogP contribution is -2.40. The van der Waals surface area contributed by atoms with E-state index in [-0.39, 0.29) is 11.5 Å². The van der Waals surface area contributed by atoms with Gasteiger partial charge in [0.1, 0.15) is 9.33 Å². The Morgan fingerprint density at radius 1 is 1.07 bits per heavy atom. The minimum atomic E-state index is -1.23. The lowest BCUT2D eigenvalue weighted by molar-refractivity contribution is -0.113. The van der Waals surface area contributed by atoms with Gasteiger partial charge in [-0.25, -0.2) is 4.79 Å². The first-order valence-electron chi connectivity index (χ1n) is 8.30. The van der Waals surface area contributed by atoms with Crippen molar-refractivity contribution in [2.45, 2.75) is 9.53 Å². The van der Waals surface area contributed by atoms with Crippen molar-refractivity contribution in [2.75, 3.05) is 0 Å². The molecule has 2 aromatic rings. The summed E-state index contributed by atoms with van der Waals surface area (Å²) in [5.74, 6) is 0.373. The van der Waals surface area contributed by atoms with Crippen LogP contribution in [0.25, 0.3) is 0 Å². The molecule has 0 saturated heterocycles. The Labute approximate surface area is 219 Å². The van der Waals surface area contributed by atoms with E-state index in [4.69, 9.17) is 9.47 Å². The van der Waals surface area contributed by atoms with E-state index in [1.54, 1.807) is 18.2 Å². The molecule has 0 saturated carbocycles. The molecule has 3 aliphatic rings. The summed E-state index contributed by atoms with van der Waals surface area (Å²) in [4.78, 5) is 25.5. The fourth-order valence-electron chi connectivity index (χ4n) is 3.84. The van der Waals surface area contributed by atoms with Crippen molar-refractivity contribution in [3.63, 3.8) is 0 Å². The topological polar surface area (TPSA) is 72.8 Å². The van der Waals surface area contributed by atoms with Crippen molar-refractivity contribution in [2.24, 2.45) is 0 Å². The van der Waals surface area contributed by atoms with E-state index in [1.165, 1.54) is 0 Å². The molecule has 2 unspecified atom stereocenters. The van der Waals surface area contributed by atoms with Crippen molar-refractivity contribution >= 4 is 102 Å². The number of aromatic hydroxyl groups is 1. The molecule has 2 aliphatic heterocycles. The third kappa shape index (κ3) is 2.71. The Kier molecular flexibility index (Phi) is 4.98. The van der Waals surface area contributed by atoms with Gasteiger partial charge < -0.3 is 14.6 Å². The molecule has 2 aromatic carbocycles. The van der Waals surface area contributed by atoms with Crippen LogP contribution in [0.5, 0.6) is 11.5 Å². The number of hydrogen-bond donors (Lipinski definition) is 1. The quantitative estimate of drug-likeness (QED) is 0.220. The average molecular weight is 836 g/mol. The predicted octanol–water partition coefficient (Wildman–Crippen LogP) is 5.37. The third-order valence-electron chi connectivity index (χ3n) is 5.11. The van der Waals surface area contributed by atoms with Crippen LogP contribution in [0.4, 0.5) is 0 Å². The standard InChI is InChI=1S/C20H8I4O5/c21-11-5-9-17(13(23)15(11)25)28-18-10(6-12(22)16(26)14(18)24)20(9)8-4-2-1-3-7(8)19(27)29-20/h1-6,11,26H. The van der Waals surface area contributed by atoms with Gasteiger partial charge in [-0.05, 0) is 79.9 Å². The van der Waals surface area contributed by atoms with E-state index < -0.39 is 15.5 Å². The maximum Gasteiger partial charge on any atom is 0.340 e. The van der Waals surface area contributed by atoms with Crippen molar-refractivity contribution in [1.82, 2.24) is 0 Å². The van der Waals surface area contributed by atoms with Gasteiger partial charge in [0.05, 0.1) is 22.2 Å². The molecular formula is C20H8I4O5. The molecule has 1 N–H and O–H groups in total. The van der Waals surface area contributed by atoms with E-state index in [2.05, 4.69) is 45.2 Å². The molecule has 0 fully saturated rings. The number of Topliss-reactive ketones (excluding diaryl/α,β-unsaturated/α-hetero) is 1. The molecule has 9 heteroatoms. The predicted molar refractivity (Wildman–Crippen MR) is 139 cm³/mol. The Hall–Kier alpha value is -0.420. The zero-order valence-corrected chi connectivity index (χ0v) is 22.8. The van der Waals surface area contributed by atoms with Crippen molar-refractivity contribution in [3.05, 3.63) is 75.2 Å². The molecule has 2 atom stereocenters. The second kappa shape index (κ2) is 7.05. The number of halogens is 4. The zero-order chi connectivity index (χ0) is 20.7. The van der Waals surface area contributed by atoms with E-state index in [0.29, 0.717) is 44.5 Å². The molecule has 29 heavy (non-hydrogen) atoms. The SMILES string of the molecule is O=C1OC2(C3=CC(I)C(=O)C(I)=C3Oc3c2cc(I)c(O)c3I)c2ccccc21. The molecule has 146 valence electrons. The van der Waals surface area contributed by atoms with Gasteiger partial charge in [-0.2, -0.15) is 0 Å². The molecule has 0 amide bonds. The van der Waals surface area contributed by atoms with Crippen LogP contribution in [0.1, 0.15) is 21.5 Å². The highest BCUT2D eigenvalue weighted by Gasteiger charge is 2.57. The van der Waals surface area contributed by atoms with Gasteiger partial charge >= 0.3 is 5.97 Å². The lowest BCUT2D eigenvalue weighted by atomic mass is 9.75. The summed E-state index contributed by atoms with van der Waals surface area (Å²) < 4.78 is 13.5. The second-order valence-electron chi connectivity index (χ2n) is 6.61. The number of fused-ring (bicyclic) bond motifs is 6. The van der Waals surface area contributed by atoms with Crippen LogP contribution in [0, 0.1) is 7.14 Å². The second-order valence-corrected chi connectivity index (χ2v) is 11.3. The summed E-state index contributed by atoms with van der Waals surface area (Å²) in [6.07, 6.45) is 1.81. The van der Waals surface area contributed by atoms with E-state index >= 15 is 0 Å². The number of phenolic OH excluding ortho intramolecular Hbond substituents is 1. The number of allylic oxidation sites excluding steroid dienone is 2. The first-order chi connectivity index (χ1) is 13.8. The minimum Gasteiger partial charge on any atom is -0.506 e. The van der Waals surface area contributed by atoms with Crippen LogP contribution in [-0.4, -0.2) is 20.8 Å². The zero-order valence-electron chi connectivity index (χ0n) is 14.1. The Bertz CT molecular complexity index is 1220. The minimum absolute atomic E-state index is 0.0640. The highest BCUT2D eigenvalue weighted by Crippen LogP contribution is 2.59. The van der Waals surface area contributed by atoms with E-state index in [0.717, 1.165) is 0 Å². The highest BCUT2D eigenvalue weighted by atomic mass is 127. The summed E-state index contributed by atoms with van der Waals surface area (Å²) in [7, 11) is 0. The van der Waals surface area contributed by atoms with Gasteiger partial charge in [-0.3, -0.25) is 4.79 Å². The van der Waals surface area contributed by atoms with Gasteiger partial charge in [0.15, 0.2) is 22.9 Å². The summed E-state index contributed by atoms with van der Waals surface area (Å²) in [6, 6.07) is 9.04. The molecule has 0 bridgehead atoms. The fraction of sp³-hybridized carbons (Fsp3) is 0.100. The monoisotopic (exact) mass is 836 g/mol. The first-order valence-corrected chi connectivity index (χ1v) is 12.8. The van der Waals surface area contributed by atoms with Crippen LogP contribution < -0.4 is 4.74 Å². The number of rotatable bonds is 0. The van der Waals surface area contributed by atoms with Crippen molar-refractivity contribution < 1.29 is 24.2 Å². The van der Waals surface area contributed by atoms with Crippen LogP contribution in [0.3, 0.4) is 0 Å². The maximum absolute atomic E-state index is 12.9. The van der Waals surface area contributed by atoms with Crippen molar-refractivity contribution in [3.8, 4) is 11.5 Å². The number of ether oxygens (including phenoxy) is 2. The Morgan fingerprint density at radius 3 is 2.55 bits per heavy atom. The number of hydrogen-bond acceptors (Lipinski definition) is 5. The number of carbonyl (C=O) groups excluding carboxylic acids is 2. The first kappa shape index (κ1) is 20.5. The smallest absolute Gasteiger partial charge is 0.340 e. The van der Waals surface area contributed by atoms with Gasteiger partial charge in [-0.15, -0.1) is 0 Å². The summed E-state index contributed by atoms with van der Waals surface area (Å²) in [5.41, 5.74) is 1.24. The lowest BCUT2D eigenvalue weighted by Gasteiger charge is -2.40. The number of esters is 1. The number of carbonyl (C=O) groups is 2. The molecule has 0 aromatic heterocycles. The number of phenols is 1. The molecule has 1 aliphatic carbocycles. The molecular weight excluding hydrogens is 828 g/mol. The van der Waals surface area contributed by atoms with Gasteiger partial charge in [-0.1, -0.05) is 46.9 Å². The maximum atomic E-state index is 12.9. The van der Waals surface area contributed by atoms with Crippen molar-refractivity contribution in [1.29, 1.82) is 0 Å². The van der Waals surface area contributed by atoms with Crippen LogP contribution in [-0.2, 0) is 15.1 Å². The summed E-state index contributed by atoms with van der Waals surface area (Å²) in [5, 5.41) is 10.5. The highest BCUT2D eigenvalue weighted by molar-refractivity contribution is 14.1. The number of alkyl halides is 1. The van der Waals surface area contributed by atoms with Gasteiger partial charge in [0.2, 0.25) is 0 Å². The van der Waals surface area contributed by atoms with E-state index in [1.807, 2.05) is 63.4 Å². The third-order valence-corrected chi connectivity index (χ3v) is 8.88. The molecule has 1 spiro atoms. The molecule has 5 nitrogen and oxygen atoms in total. The summed E-state index contributed by atoms with van der Waals surface area (Å²) in [6.45, 7) is 0. The average Bonchev–Trinajstić information content (AvgIpc) is 3.00. The summed E-state index contributed by atoms with van der Waals surface area (Å²) >= 11 is 8.13. The molecule has 2 heterocycles. The number of ketones is 1. The number of benzene rings is 2.